The molecular weight excluding hydrogens is 224 g/mol. The zero-order valence-corrected chi connectivity index (χ0v) is 13.5. The molecule has 0 saturated carbocycles. The smallest absolute Gasteiger partial charge is 0.0589 e. The molecule has 0 aromatic heterocycles. The Balaban J connectivity index is 4.04. The summed E-state index contributed by atoms with van der Waals surface area (Å²) in [4.78, 5) is 2.52. The summed E-state index contributed by atoms with van der Waals surface area (Å²) in [6, 6.07) is 0. The van der Waals surface area contributed by atoms with Crippen molar-refractivity contribution in [3.63, 3.8) is 0 Å². The Morgan fingerprint density at radius 2 is 1.72 bits per heavy atom. The van der Waals surface area contributed by atoms with Gasteiger partial charge >= 0.3 is 0 Å². The maximum atomic E-state index is 5.19. The van der Waals surface area contributed by atoms with Crippen molar-refractivity contribution in [3.8, 4) is 0 Å². The Labute approximate surface area is 114 Å². The highest BCUT2D eigenvalue weighted by molar-refractivity contribution is 4.73. The SMILES string of the molecule is COCCN(CC(C)C)CC(C)CNC(C)(C)C. The molecule has 1 N–H and O–H groups in total. The third-order valence-corrected chi connectivity index (χ3v) is 2.79. The van der Waals surface area contributed by atoms with Gasteiger partial charge in [0.25, 0.3) is 0 Å². The van der Waals surface area contributed by atoms with Gasteiger partial charge in [0.2, 0.25) is 0 Å². The van der Waals surface area contributed by atoms with E-state index in [-0.39, 0.29) is 5.54 Å². The molecule has 110 valence electrons. The minimum atomic E-state index is 0.212. The summed E-state index contributed by atoms with van der Waals surface area (Å²) in [5.74, 6) is 1.38. The first-order valence-corrected chi connectivity index (χ1v) is 7.21. The highest BCUT2D eigenvalue weighted by atomic mass is 16.5. The van der Waals surface area contributed by atoms with Crippen LogP contribution in [0.1, 0.15) is 41.5 Å². The van der Waals surface area contributed by atoms with Crippen LogP contribution in [0.3, 0.4) is 0 Å². The van der Waals surface area contributed by atoms with Gasteiger partial charge < -0.3 is 15.0 Å². The average molecular weight is 258 g/mol. The Kier molecular flexibility index (Phi) is 8.83. The molecule has 0 aromatic carbocycles. The minimum Gasteiger partial charge on any atom is -0.383 e. The summed E-state index contributed by atoms with van der Waals surface area (Å²) < 4.78 is 5.19. The van der Waals surface area contributed by atoms with Gasteiger partial charge in [-0.3, -0.25) is 0 Å². The van der Waals surface area contributed by atoms with Gasteiger partial charge in [0.15, 0.2) is 0 Å². The topological polar surface area (TPSA) is 24.5 Å². The molecule has 0 rings (SSSR count). The van der Waals surface area contributed by atoms with E-state index in [1.165, 1.54) is 0 Å². The van der Waals surface area contributed by atoms with Gasteiger partial charge in [0.1, 0.15) is 0 Å². The van der Waals surface area contributed by atoms with Gasteiger partial charge in [0.05, 0.1) is 6.61 Å². The highest BCUT2D eigenvalue weighted by Gasteiger charge is 2.14. The predicted octanol–water partition coefficient (Wildman–Crippen LogP) is 2.62. The number of nitrogens with one attached hydrogen (secondary N) is 1. The largest absolute Gasteiger partial charge is 0.383 e. The zero-order valence-electron chi connectivity index (χ0n) is 13.5. The van der Waals surface area contributed by atoms with Gasteiger partial charge in [-0.25, -0.2) is 0 Å². The first-order chi connectivity index (χ1) is 8.24. The Morgan fingerprint density at radius 3 is 2.17 bits per heavy atom. The zero-order chi connectivity index (χ0) is 14.2. The summed E-state index contributed by atoms with van der Waals surface area (Å²) in [5.41, 5.74) is 0.212. The molecule has 0 radical (unpaired) electrons. The molecule has 3 heteroatoms. The molecule has 0 bridgehead atoms. The van der Waals surface area contributed by atoms with E-state index in [2.05, 4.69) is 51.8 Å². The third kappa shape index (κ3) is 11.0. The Morgan fingerprint density at radius 1 is 1.11 bits per heavy atom. The van der Waals surface area contributed by atoms with E-state index in [9.17, 15) is 0 Å². The van der Waals surface area contributed by atoms with Crippen molar-refractivity contribution in [3.05, 3.63) is 0 Å². The minimum absolute atomic E-state index is 0.212. The maximum Gasteiger partial charge on any atom is 0.0589 e. The van der Waals surface area contributed by atoms with Crippen molar-refractivity contribution in [1.29, 1.82) is 0 Å². The maximum absolute atomic E-state index is 5.19. The second-order valence-electron chi connectivity index (χ2n) is 6.88. The predicted molar refractivity (Wildman–Crippen MR) is 80.1 cm³/mol. The molecule has 0 saturated heterocycles. The lowest BCUT2D eigenvalue weighted by Gasteiger charge is -2.29. The van der Waals surface area contributed by atoms with Gasteiger partial charge in [-0.2, -0.15) is 0 Å². The van der Waals surface area contributed by atoms with E-state index in [0.29, 0.717) is 11.8 Å². The Hall–Kier alpha value is -0.120. The lowest BCUT2D eigenvalue weighted by molar-refractivity contribution is 0.128. The van der Waals surface area contributed by atoms with Crippen LogP contribution in [0.5, 0.6) is 0 Å². The molecule has 0 aliphatic heterocycles. The lowest BCUT2D eigenvalue weighted by atomic mass is 10.1. The number of hydrogen-bond acceptors (Lipinski definition) is 3. The van der Waals surface area contributed by atoms with Crippen LogP contribution in [0.4, 0.5) is 0 Å². The highest BCUT2D eigenvalue weighted by Crippen LogP contribution is 2.06. The van der Waals surface area contributed by atoms with Gasteiger partial charge in [-0.15, -0.1) is 0 Å². The summed E-state index contributed by atoms with van der Waals surface area (Å²) in [7, 11) is 1.78. The van der Waals surface area contributed by atoms with E-state index in [4.69, 9.17) is 4.74 Å². The van der Waals surface area contributed by atoms with Crippen LogP contribution in [-0.4, -0.2) is 50.3 Å². The quantitative estimate of drug-likeness (QED) is 0.688. The molecule has 0 heterocycles. The molecule has 0 fully saturated rings. The van der Waals surface area contributed by atoms with E-state index < -0.39 is 0 Å². The fraction of sp³-hybridized carbons (Fsp3) is 1.00. The number of ether oxygens (including phenoxy) is 1. The number of rotatable bonds is 9. The van der Waals surface area contributed by atoms with Crippen LogP contribution >= 0.6 is 0 Å². The molecule has 0 spiro atoms. The van der Waals surface area contributed by atoms with Crippen molar-refractivity contribution in [2.75, 3.05) is 39.9 Å². The van der Waals surface area contributed by atoms with E-state index in [1.807, 2.05) is 0 Å². The molecular formula is C15H34N2O. The first-order valence-electron chi connectivity index (χ1n) is 7.21. The normalized spacial score (nSPS) is 14.5. The van der Waals surface area contributed by atoms with Crippen LogP contribution in [0.15, 0.2) is 0 Å². The van der Waals surface area contributed by atoms with Gasteiger partial charge in [0, 0.05) is 32.3 Å². The lowest BCUT2D eigenvalue weighted by Crippen LogP contribution is -2.42. The number of methoxy groups -OCH3 is 1. The fourth-order valence-electron chi connectivity index (χ4n) is 1.98. The number of nitrogens with zero attached hydrogens (tertiary/aromatic N) is 1. The van der Waals surface area contributed by atoms with Gasteiger partial charge in [-0.05, 0) is 39.2 Å². The fourth-order valence-corrected chi connectivity index (χ4v) is 1.98. The van der Waals surface area contributed by atoms with E-state index >= 15 is 0 Å². The van der Waals surface area contributed by atoms with Crippen LogP contribution in [-0.2, 0) is 4.74 Å². The molecule has 0 aliphatic carbocycles. The van der Waals surface area contributed by atoms with Crippen molar-refractivity contribution in [2.45, 2.75) is 47.1 Å². The second kappa shape index (κ2) is 8.89. The summed E-state index contributed by atoms with van der Waals surface area (Å²) >= 11 is 0. The summed E-state index contributed by atoms with van der Waals surface area (Å²) in [6.07, 6.45) is 0. The molecule has 0 aromatic rings. The molecule has 0 aliphatic rings. The third-order valence-electron chi connectivity index (χ3n) is 2.79. The van der Waals surface area contributed by atoms with E-state index in [0.717, 1.165) is 32.8 Å². The molecule has 3 nitrogen and oxygen atoms in total. The van der Waals surface area contributed by atoms with Crippen LogP contribution in [0.25, 0.3) is 0 Å². The molecule has 18 heavy (non-hydrogen) atoms. The Bertz CT molecular complexity index is 199. The molecule has 0 amide bonds. The van der Waals surface area contributed by atoms with Crippen molar-refractivity contribution < 1.29 is 4.74 Å². The van der Waals surface area contributed by atoms with Crippen molar-refractivity contribution in [1.82, 2.24) is 10.2 Å². The van der Waals surface area contributed by atoms with Crippen LogP contribution < -0.4 is 5.32 Å². The average Bonchev–Trinajstić information content (AvgIpc) is 2.21. The number of hydrogen-bond donors (Lipinski definition) is 1. The monoisotopic (exact) mass is 258 g/mol. The van der Waals surface area contributed by atoms with Crippen molar-refractivity contribution >= 4 is 0 Å². The van der Waals surface area contributed by atoms with Crippen LogP contribution in [0, 0.1) is 11.8 Å². The molecule has 1 atom stereocenters. The van der Waals surface area contributed by atoms with Crippen molar-refractivity contribution in [2.24, 2.45) is 11.8 Å². The van der Waals surface area contributed by atoms with Gasteiger partial charge in [-0.1, -0.05) is 20.8 Å². The van der Waals surface area contributed by atoms with Crippen LogP contribution in [0.2, 0.25) is 0 Å². The van der Waals surface area contributed by atoms with E-state index in [1.54, 1.807) is 7.11 Å². The second-order valence-corrected chi connectivity index (χ2v) is 6.88. The molecule has 1 unspecified atom stereocenters. The first kappa shape index (κ1) is 17.9. The summed E-state index contributed by atoms with van der Waals surface area (Å²) in [5, 5.41) is 3.58. The standard InChI is InChI=1S/C15H34N2O/c1-13(2)11-17(8-9-18-7)12-14(3)10-16-15(4,5)6/h13-14,16H,8-12H2,1-7H3. The summed E-state index contributed by atoms with van der Waals surface area (Å²) in [6.45, 7) is 18.8.